The summed E-state index contributed by atoms with van der Waals surface area (Å²) >= 11 is 0. The molecule has 1 aromatic carbocycles. The Hall–Kier alpha value is -1.35. The van der Waals surface area contributed by atoms with Gasteiger partial charge in [0.15, 0.2) is 5.96 Å². The monoisotopic (exact) mass is 488 g/mol. The molecule has 3 N–H and O–H groups in total. The van der Waals surface area contributed by atoms with Crippen molar-refractivity contribution in [1.82, 2.24) is 10.6 Å². The molecular weight excluding hydrogens is 455 g/mol. The van der Waals surface area contributed by atoms with Crippen LogP contribution in [0.3, 0.4) is 0 Å². The lowest BCUT2D eigenvalue weighted by atomic mass is 9.85. The first kappa shape index (κ1) is 23.7. The Balaban J connectivity index is 0.00000364. The molecule has 0 unspecified atom stereocenters. The maximum atomic E-state index is 12.1. The van der Waals surface area contributed by atoms with Gasteiger partial charge in [-0.2, -0.15) is 0 Å². The summed E-state index contributed by atoms with van der Waals surface area (Å²) in [7, 11) is 0. The van der Waals surface area contributed by atoms with Gasteiger partial charge in [-0.05, 0) is 50.8 Å². The van der Waals surface area contributed by atoms with Crippen LogP contribution in [-0.2, 0) is 16.1 Å². The zero-order valence-corrected chi connectivity index (χ0v) is 18.8. The Morgan fingerprint density at radius 2 is 2.07 bits per heavy atom. The third-order valence-electron chi connectivity index (χ3n) is 4.40. The lowest BCUT2D eigenvalue weighted by Crippen LogP contribution is -2.38. The molecule has 1 amide bonds. The van der Waals surface area contributed by atoms with E-state index in [9.17, 15) is 4.79 Å². The zero-order valence-electron chi connectivity index (χ0n) is 16.4. The fraction of sp³-hybridized carbons (Fsp3) is 0.600. The van der Waals surface area contributed by atoms with E-state index in [1.807, 2.05) is 38.1 Å². The van der Waals surface area contributed by atoms with Crippen molar-refractivity contribution >= 4 is 41.5 Å². The summed E-state index contributed by atoms with van der Waals surface area (Å²) in [5.41, 5.74) is 1.92. The van der Waals surface area contributed by atoms with Crippen molar-refractivity contribution in [3.63, 3.8) is 0 Å². The number of nitrogens with zero attached hydrogens (tertiary/aromatic N) is 1. The molecule has 27 heavy (non-hydrogen) atoms. The van der Waals surface area contributed by atoms with E-state index in [-0.39, 0.29) is 35.8 Å². The number of amides is 1. The van der Waals surface area contributed by atoms with E-state index in [4.69, 9.17) is 4.74 Å². The van der Waals surface area contributed by atoms with Crippen molar-refractivity contribution in [2.24, 2.45) is 10.9 Å². The first-order valence-electron chi connectivity index (χ1n) is 9.72. The molecule has 0 aromatic heterocycles. The van der Waals surface area contributed by atoms with Gasteiger partial charge in [0.2, 0.25) is 5.91 Å². The minimum atomic E-state index is 0. The standard InChI is InChI=1S/C20H32N4O2.HI/c1-3-21-20(22-12-7-13-26-4-2)23-15-16-8-5-11-18(14-16)24-19(25)17-9-6-10-17;/h5,8,11,14,17H,3-4,6-7,9-10,12-13,15H2,1-2H3,(H,24,25)(H2,21,22,23);1H. The number of carbonyl (C=O) groups excluding carboxylic acids is 1. The Labute approximate surface area is 179 Å². The van der Waals surface area contributed by atoms with Crippen molar-refractivity contribution in [3.05, 3.63) is 29.8 Å². The van der Waals surface area contributed by atoms with Gasteiger partial charge in [0.25, 0.3) is 0 Å². The Kier molecular flexibility index (Phi) is 12.1. The van der Waals surface area contributed by atoms with Gasteiger partial charge in [0, 0.05) is 37.9 Å². The lowest BCUT2D eigenvalue weighted by molar-refractivity contribution is -0.122. The number of hydrogen-bond donors (Lipinski definition) is 3. The summed E-state index contributed by atoms with van der Waals surface area (Å²) in [5, 5.41) is 9.58. The van der Waals surface area contributed by atoms with Gasteiger partial charge in [-0.25, -0.2) is 4.99 Å². The van der Waals surface area contributed by atoms with E-state index < -0.39 is 0 Å². The summed E-state index contributed by atoms with van der Waals surface area (Å²) in [6, 6.07) is 7.92. The molecule has 6 nitrogen and oxygen atoms in total. The summed E-state index contributed by atoms with van der Waals surface area (Å²) < 4.78 is 5.34. The maximum Gasteiger partial charge on any atom is 0.227 e. The van der Waals surface area contributed by atoms with Gasteiger partial charge in [-0.15, -0.1) is 24.0 Å². The third kappa shape index (κ3) is 8.92. The van der Waals surface area contributed by atoms with Crippen molar-refractivity contribution < 1.29 is 9.53 Å². The molecular formula is C20H33IN4O2. The van der Waals surface area contributed by atoms with Crippen molar-refractivity contribution in [2.45, 2.75) is 46.1 Å². The number of carbonyl (C=O) groups is 1. The van der Waals surface area contributed by atoms with Crippen LogP contribution in [0.5, 0.6) is 0 Å². The van der Waals surface area contributed by atoms with E-state index in [0.29, 0.717) is 6.54 Å². The Morgan fingerprint density at radius 1 is 1.26 bits per heavy atom. The highest BCUT2D eigenvalue weighted by molar-refractivity contribution is 14.0. The molecule has 7 heteroatoms. The minimum Gasteiger partial charge on any atom is -0.382 e. The summed E-state index contributed by atoms with van der Waals surface area (Å²) in [6.45, 7) is 7.76. The fourth-order valence-electron chi connectivity index (χ4n) is 2.70. The lowest BCUT2D eigenvalue weighted by Gasteiger charge is -2.24. The first-order chi connectivity index (χ1) is 12.7. The van der Waals surface area contributed by atoms with E-state index in [2.05, 4.69) is 20.9 Å². The molecule has 2 rings (SSSR count). The quantitative estimate of drug-likeness (QED) is 0.204. The molecule has 0 radical (unpaired) electrons. The second kappa shape index (κ2) is 13.8. The van der Waals surface area contributed by atoms with Gasteiger partial charge in [-0.3, -0.25) is 4.79 Å². The van der Waals surface area contributed by atoms with E-state index in [1.54, 1.807) is 0 Å². The number of hydrogen-bond acceptors (Lipinski definition) is 3. The molecule has 0 saturated heterocycles. The fourth-order valence-corrected chi connectivity index (χ4v) is 2.70. The molecule has 1 aliphatic rings. The molecule has 0 heterocycles. The summed E-state index contributed by atoms with van der Waals surface area (Å²) in [5.74, 6) is 1.13. The van der Waals surface area contributed by atoms with Crippen molar-refractivity contribution in [3.8, 4) is 0 Å². The van der Waals surface area contributed by atoms with Crippen LogP contribution >= 0.6 is 24.0 Å². The Bertz CT molecular complexity index is 591. The average molecular weight is 488 g/mol. The smallest absolute Gasteiger partial charge is 0.227 e. The number of aliphatic imine (C=N–C) groups is 1. The van der Waals surface area contributed by atoms with Crippen LogP contribution < -0.4 is 16.0 Å². The van der Waals surface area contributed by atoms with Crippen LogP contribution in [0, 0.1) is 5.92 Å². The molecule has 0 atom stereocenters. The number of guanidine groups is 1. The molecule has 1 saturated carbocycles. The highest BCUT2D eigenvalue weighted by Crippen LogP contribution is 2.27. The summed E-state index contributed by atoms with van der Waals surface area (Å²) in [4.78, 5) is 16.7. The molecule has 0 bridgehead atoms. The SMILES string of the molecule is CCNC(=NCc1cccc(NC(=O)C2CCC2)c1)NCCCOCC.I. The average Bonchev–Trinajstić information content (AvgIpc) is 2.58. The van der Waals surface area contributed by atoms with Crippen LogP contribution in [0.15, 0.2) is 29.3 Å². The van der Waals surface area contributed by atoms with Crippen molar-refractivity contribution in [1.29, 1.82) is 0 Å². The second-order valence-electron chi connectivity index (χ2n) is 6.49. The van der Waals surface area contributed by atoms with Crippen molar-refractivity contribution in [2.75, 3.05) is 31.6 Å². The number of anilines is 1. The molecule has 152 valence electrons. The predicted molar refractivity (Wildman–Crippen MR) is 122 cm³/mol. The normalized spacial score (nSPS) is 14.1. The molecule has 0 aliphatic heterocycles. The van der Waals surface area contributed by atoms with Gasteiger partial charge >= 0.3 is 0 Å². The number of rotatable bonds is 10. The van der Waals surface area contributed by atoms with Gasteiger partial charge in [0.1, 0.15) is 0 Å². The summed E-state index contributed by atoms with van der Waals surface area (Å²) in [6.07, 6.45) is 4.13. The largest absolute Gasteiger partial charge is 0.382 e. The molecule has 1 fully saturated rings. The van der Waals surface area contributed by atoms with Gasteiger partial charge in [-0.1, -0.05) is 18.6 Å². The second-order valence-corrected chi connectivity index (χ2v) is 6.49. The molecule has 0 spiro atoms. The third-order valence-corrected chi connectivity index (χ3v) is 4.40. The van der Waals surface area contributed by atoms with Crippen LogP contribution in [0.4, 0.5) is 5.69 Å². The molecule has 1 aliphatic carbocycles. The number of halogens is 1. The number of ether oxygens (including phenoxy) is 1. The van der Waals surface area contributed by atoms with Gasteiger partial charge in [0.05, 0.1) is 6.54 Å². The highest BCUT2D eigenvalue weighted by Gasteiger charge is 2.25. The Morgan fingerprint density at radius 3 is 2.74 bits per heavy atom. The minimum absolute atomic E-state index is 0. The molecule has 1 aromatic rings. The maximum absolute atomic E-state index is 12.1. The van der Waals surface area contributed by atoms with E-state index >= 15 is 0 Å². The number of nitrogens with one attached hydrogen (secondary N) is 3. The predicted octanol–water partition coefficient (Wildman–Crippen LogP) is 3.52. The highest BCUT2D eigenvalue weighted by atomic mass is 127. The van der Waals surface area contributed by atoms with Crippen LogP contribution in [0.2, 0.25) is 0 Å². The first-order valence-corrected chi connectivity index (χ1v) is 9.72. The van der Waals surface area contributed by atoms with Crippen LogP contribution in [0.1, 0.15) is 45.1 Å². The van der Waals surface area contributed by atoms with E-state index in [0.717, 1.165) is 69.2 Å². The topological polar surface area (TPSA) is 74.8 Å². The van der Waals surface area contributed by atoms with E-state index in [1.165, 1.54) is 0 Å². The van der Waals surface area contributed by atoms with Gasteiger partial charge < -0.3 is 20.7 Å². The number of benzene rings is 1. The van der Waals surface area contributed by atoms with Crippen LogP contribution in [0.25, 0.3) is 0 Å². The zero-order chi connectivity index (χ0) is 18.6. The van der Waals surface area contributed by atoms with Crippen LogP contribution in [-0.4, -0.2) is 38.2 Å².